The van der Waals surface area contributed by atoms with Crippen molar-refractivity contribution in [3.8, 4) is 0 Å². The summed E-state index contributed by atoms with van der Waals surface area (Å²) in [6.45, 7) is 4.88. The zero-order valence-corrected chi connectivity index (χ0v) is 11.3. The van der Waals surface area contributed by atoms with Crippen molar-refractivity contribution >= 4 is 22.4 Å². The molecule has 1 N–H and O–H groups in total. The van der Waals surface area contributed by atoms with Crippen LogP contribution in [-0.2, 0) is 0 Å². The SMILES string of the molecule is CCNc1nnc(C(=O)N(C)C(C)C2CC2)s1. The lowest BCUT2D eigenvalue weighted by atomic mass is 10.2. The maximum atomic E-state index is 12.1. The van der Waals surface area contributed by atoms with Gasteiger partial charge in [0.15, 0.2) is 0 Å². The first-order chi connectivity index (χ1) is 8.13. The number of nitrogens with one attached hydrogen (secondary N) is 1. The fraction of sp³-hybridized carbons (Fsp3) is 0.727. The molecular formula is C11H18N4OS. The summed E-state index contributed by atoms with van der Waals surface area (Å²) in [6.07, 6.45) is 2.47. The van der Waals surface area contributed by atoms with Gasteiger partial charge in [-0.3, -0.25) is 4.79 Å². The van der Waals surface area contributed by atoms with Crippen LogP contribution in [0.3, 0.4) is 0 Å². The Morgan fingerprint density at radius 3 is 2.88 bits per heavy atom. The highest BCUT2D eigenvalue weighted by Crippen LogP contribution is 2.35. The highest BCUT2D eigenvalue weighted by molar-refractivity contribution is 7.17. The number of amides is 1. The van der Waals surface area contributed by atoms with Crippen molar-refractivity contribution in [2.75, 3.05) is 18.9 Å². The van der Waals surface area contributed by atoms with Crippen LogP contribution in [0.15, 0.2) is 0 Å². The summed E-state index contributed by atoms with van der Waals surface area (Å²) in [4.78, 5) is 13.9. The molecule has 1 fully saturated rings. The van der Waals surface area contributed by atoms with E-state index in [0.717, 1.165) is 6.54 Å². The molecule has 1 heterocycles. The van der Waals surface area contributed by atoms with Crippen molar-refractivity contribution in [1.82, 2.24) is 15.1 Å². The minimum Gasteiger partial charge on any atom is -0.360 e. The van der Waals surface area contributed by atoms with E-state index in [9.17, 15) is 4.79 Å². The second-order valence-electron chi connectivity index (χ2n) is 4.44. The predicted molar refractivity (Wildman–Crippen MR) is 68.4 cm³/mol. The number of carbonyl (C=O) groups excluding carboxylic acids is 1. The van der Waals surface area contributed by atoms with Crippen LogP contribution in [0.5, 0.6) is 0 Å². The topological polar surface area (TPSA) is 58.1 Å². The molecule has 0 aliphatic heterocycles. The van der Waals surface area contributed by atoms with Crippen LogP contribution in [-0.4, -0.2) is 40.6 Å². The van der Waals surface area contributed by atoms with Crippen LogP contribution < -0.4 is 5.32 Å². The first-order valence-corrected chi connectivity index (χ1v) is 6.79. The molecule has 1 aliphatic carbocycles. The Kier molecular flexibility index (Phi) is 3.61. The Hall–Kier alpha value is -1.17. The van der Waals surface area contributed by atoms with Gasteiger partial charge in [0.2, 0.25) is 10.1 Å². The van der Waals surface area contributed by atoms with Gasteiger partial charge in [-0.2, -0.15) is 0 Å². The smallest absolute Gasteiger partial charge is 0.284 e. The molecule has 0 aromatic carbocycles. The number of carbonyl (C=O) groups is 1. The minimum atomic E-state index is -0.0222. The highest BCUT2D eigenvalue weighted by atomic mass is 32.1. The van der Waals surface area contributed by atoms with E-state index in [4.69, 9.17) is 0 Å². The minimum absolute atomic E-state index is 0.0222. The van der Waals surface area contributed by atoms with Gasteiger partial charge in [0.1, 0.15) is 0 Å². The fourth-order valence-electron chi connectivity index (χ4n) is 1.76. The van der Waals surface area contributed by atoms with Gasteiger partial charge in [0.05, 0.1) is 0 Å². The lowest BCUT2D eigenvalue weighted by Crippen LogP contribution is -2.36. The number of nitrogens with zero attached hydrogens (tertiary/aromatic N) is 3. The molecule has 5 nitrogen and oxygen atoms in total. The van der Waals surface area contributed by atoms with Crippen LogP contribution in [0.2, 0.25) is 0 Å². The van der Waals surface area contributed by atoms with Crippen molar-refractivity contribution in [3.63, 3.8) is 0 Å². The van der Waals surface area contributed by atoms with E-state index in [1.807, 2.05) is 14.0 Å². The maximum Gasteiger partial charge on any atom is 0.284 e. The molecule has 1 unspecified atom stereocenters. The molecule has 6 heteroatoms. The number of hydrogen-bond donors (Lipinski definition) is 1. The highest BCUT2D eigenvalue weighted by Gasteiger charge is 2.33. The Bertz CT molecular complexity index is 402. The Balaban J connectivity index is 2.01. The van der Waals surface area contributed by atoms with Crippen molar-refractivity contribution < 1.29 is 4.79 Å². The number of anilines is 1. The number of hydrogen-bond acceptors (Lipinski definition) is 5. The Morgan fingerprint density at radius 2 is 2.29 bits per heavy atom. The molecule has 1 saturated carbocycles. The molecule has 17 heavy (non-hydrogen) atoms. The Morgan fingerprint density at radius 1 is 1.59 bits per heavy atom. The van der Waals surface area contributed by atoms with Crippen LogP contribution in [0, 0.1) is 5.92 Å². The number of rotatable bonds is 5. The average Bonchev–Trinajstić information content (AvgIpc) is 3.07. The van der Waals surface area contributed by atoms with E-state index in [1.54, 1.807) is 4.90 Å². The van der Waals surface area contributed by atoms with Gasteiger partial charge in [0.25, 0.3) is 5.91 Å². The van der Waals surface area contributed by atoms with Crippen LogP contribution in [0.25, 0.3) is 0 Å². The van der Waals surface area contributed by atoms with Gasteiger partial charge in [0, 0.05) is 19.6 Å². The largest absolute Gasteiger partial charge is 0.360 e. The number of aromatic nitrogens is 2. The standard InChI is InChI=1S/C11H18N4OS/c1-4-12-11-14-13-9(17-11)10(16)15(3)7(2)8-5-6-8/h7-8H,4-6H2,1-3H3,(H,12,14). The van der Waals surface area contributed by atoms with Gasteiger partial charge < -0.3 is 10.2 Å². The van der Waals surface area contributed by atoms with Gasteiger partial charge in [-0.25, -0.2) is 0 Å². The average molecular weight is 254 g/mol. The van der Waals surface area contributed by atoms with Crippen molar-refractivity contribution in [2.45, 2.75) is 32.7 Å². The van der Waals surface area contributed by atoms with E-state index >= 15 is 0 Å². The lowest BCUT2D eigenvalue weighted by Gasteiger charge is -2.23. The monoisotopic (exact) mass is 254 g/mol. The summed E-state index contributed by atoms with van der Waals surface area (Å²) in [7, 11) is 1.85. The summed E-state index contributed by atoms with van der Waals surface area (Å²) in [5.74, 6) is 0.649. The molecule has 1 aliphatic rings. The third kappa shape index (κ3) is 2.74. The lowest BCUT2D eigenvalue weighted by molar-refractivity contribution is 0.0726. The van der Waals surface area contributed by atoms with Gasteiger partial charge >= 0.3 is 0 Å². The quantitative estimate of drug-likeness (QED) is 0.871. The summed E-state index contributed by atoms with van der Waals surface area (Å²) in [6, 6.07) is 0.300. The molecule has 94 valence electrons. The first-order valence-electron chi connectivity index (χ1n) is 5.98. The zero-order chi connectivity index (χ0) is 12.4. The predicted octanol–water partition coefficient (Wildman–Crippen LogP) is 1.84. The maximum absolute atomic E-state index is 12.1. The molecule has 0 spiro atoms. The first kappa shape index (κ1) is 12.3. The summed E-state index contributed by atoms with van der Waals surface area (Å²) in [5.41, 5.74) is 0. The summed E-state index contributed by atoms with van der Waals surface area (Å²) < 4.78 is 0. The van der Waals surface area contributed by atoms with Gasteiger partial charge in [-0.1, -0.05) is 11.3 Å². The molecule has 1 aromatic rings. The third-order valence-electron chi connectivity index (χ3n) is 3.17. The van der Waals surface area contributed by atoms with Crippen LogP contribution >= 0.6 is 11.3 Å². The van der Waals surface area contributed by atoms with Crippen LogP contribution in [0.4, 0.5) is 5.13 Å². The van der Waals surface area contributed by atoms with Crippen molar-refractivity contribution in [2.24, 2.45) is 5.92 Å². The van der Waals surface area contributed by atoms with Gasteiger partial charge in [-0.05, 0) is 32.6 Å². The summed E-state index contributed by atoms with van der Waals surface area (Å²) in [5, 5.41) is 12.1. The molecule has 1 atom stereocenters. The zero-order valence-electron chi connectivity index (χ0n) is 10.4. The van der Waals surface area contributed by atoms with E-state index in [1.165, 1.54) is 24.2 Å². The van der Waals surface area contributed by atoms with Crippen molar-refractivity contribution in [3.05, 3.63) is 5.01 Å². The van der Waals surface area contributed by atoms with Crippen molar-refractivity contribution in [1.29, 1.82) is 0 Å². The molecule has 1 aromatic heterocycles. The second kappa shape index (κ2) is 5.00. The fourth-order valence-corrected chi connectivity index (χ4v) is 2.56. The molecule has 0 bridgehead atoms. The van der Waals surface area contributed by atoms with Gasteiger partial charge in [-0.15, -0.1) is 10.2 Å². The molecular weight excluding hydrogens is 236 g/mol. The molecule has 2 rings (SSSR count). The summed E-state index contributed by atoms with van der Waals surface area (Å²) >= 11 is 1.32. The molecule has 0 radical (unpaired) electrons. The Labute approximate surface area is 105 Å². The van der Waals surface area contributed by atoms with Crippen LogP contribution in [0.1, 0.15) is 36.5 Å². The second-order valence-corrected chi connectivity index (χ2v) is 5.41. The van der Waals surface area contributed by atoms with E-state index < -0.39 is 0 Å². The van der Waals surface area contributed by atoms with E-state index in [2.05, 4.69) is 22.4 Å². The third-order valence-corrected chi connectivity index (χ3v) is 4.04. The normalized spacial score (nSPS) is 16.6. The molecule has 1 amide bonds. The van der Waals surface area contributed by atoms with E-state index in [0.29, 0.717) is 22.1 Å². The molecule has 0 saturated heterocycles. The van der Waals surface area contributed by atoms with E-state index in [-0.39, 0.29) is 5.91 Å².